The van der Waals surface area contributed by atoms with Crippen LogP contribution in [0.1, 0.15) is 0 Å². The van der Waals surface area contributed by atoms with Crippen molar-refractivity contribution in [2.45, 2.75) is 0 Å². The van der Waals surface area contributed by atoms with Crippen molar-refractivity contribution >= 4 is 87.2 Å². The summed E-state index contributed by atoms with van der Waals surface area (Å²) >= 11 is 0. The number of aromatic nitrogens is 6. The molecule has 5 heterocycles. The highest BCUT2D eigenvalue weighted by molar-refractivity contribution is 6.21. The molecular formula is C64H40N6. The summed E-state index contributed by atoms with van der Waals surface area (Å²) in [5.41, 5.74) is 14.4. The van der Waals surface area contributed by atoms with Gasteiger partial charge in [-0.2, -0.15) is 0 Å². The summed E-state index contributed by atoms with van der Waals surface area (Å²) in [5, 5.41) is 9.52. The Balaban J connectivity index is 1.05. The standard InChI is InChI=1S/C64H40N6/c1-4-18-41(19-5-1)42-32-34-43(35-33-42)64-65-62(69-56-30-16-12-26-48(56)52-36-50-46-24-10-14-28-54(46)67(58(50)38-60(52)69)44-20-6-2-7-21-44)40-63(66-64)70-57-31-17-13-27-49(57)53-37-51-47-25-11-15-29-55(47)68(59(51)39-61(53)70)45-22-8-3-9-23-45/h1-40H. The molecule has 326 valence electrons. The summed E-state index contributed by atoms with van der Waals surface area (Å²) in [7, 11) is 0. The molecule has 0 atom stereocenters. The van der Waals surface area contributed by atoms with E-state index in [1.165, 1.54) is 48.9 Å². The highest BCUT2D eigenvalue weighted by atomic mass is 15.1. The Kier molecular flexibility index (Phi) is 8.26. The third kappa shape index (κ3) is 5.68. The molecule has 6 heteroatoms. The SMILES string of the molecule is c1ccc(-c2ccc(-c3nc(-n4c5ccccc5c5cc6c7ccccc7n(-c7ccccc7)c6cc54)cc(-n4c5ccccc5c5cc6c7ccccc7n(-c7ccccc7)c6cc54)n3)cc2)cc1. The van der Waals surface area contributed by atoms with Gasteiger partial charge in [0.05, 0.1) is 44.1 Å². The van der Waals surface area contributed by atoms with Crippen LogP contribution in [-0.4, -0.2) is 28.2 Å². The van der Waals surface area contributed by atoms with Gasteiger partial charge in [0.1, 0.15) is 11.6 Å². The van der Waals surface area contributed by atoms with Gasteiger partial charge in [-0.05, 0) is 83.9 Å². The van der Waals surface area contributed by atoms with Gasteiger partial charge < -0.3 is 9.13 Å². The number of nitrogens with zero attached hydrogens (tertiary/aromatic N) is 6. The number of para-hydroxylation sites is 6. The Morgan fingerprint density at radius 1 is 0.214 bits per heavy atom. The Labute approximate surface area is 401 Å². The Morgan fingerprint density at radius 2 is 0.529 bits per heavy atom. The summed E-state index contributed by atoms with van der Waals surface area (Å²) in [6, 6.07) is 87.2. The molecule has 0 saturated carbocycles. The fourth-order valence-electron chi connectivity index (χ4n) is 11.3. The van der Waals surface area contributed by atoms with E-state index in [1.54, 1.807) is 0 Å². The van der Waals surface area contributed by atoms with Crippen LogP contribution in [0.15, 0.2) is 243 Å². The second-order valence-corrected chi connectivity index (χ2v) is 18.2. The molecule has 0 aliphatic rings. The zero-order valence-corrected chi connectivity index (χ0v) is 37.8. The van der Waals surface area contributed by atoms with Crippen LogP contribution >= 0.6 is 0 Å². The quantitative estimate of drug-likeness (QED) is 0.167. The molecular weight excluding hydrogens is 853 g/mol. The topological polar surface area (TPSA) is 45.5 Å². The molecule has 0 saturated heterocycles. The lowest BCUT2D eigenvalue weighted by molar-refractivity contribution is 0.994. The second-order valence-electron chi connectivity index (χ2n) is 18.2. The monoisotopic (exact) mass is 892 g/mol. The average molecular weight is 893 g/mol. The lowest BCUT2D eigenvalue weighted by atomic mass is 10.0. The van der Waals surface area contributed by atoms with Crippen molar-refractivity contribution in [3.8, 4) is 45.5 Å². The van der Waals surface area contributed by atoms with E-state index >= 15 is 0 Å². The van der Waals surface area contributed by atoms with Crippen molar-refractivity contribution in [2.24, 2.45) is 0 Å². The van der Waals surface area contributed by atoms with Crippen LogP contribution in [0.5, 0.6) is 0 Å². The van der Waals surface area contributed by atoms with Gasteiger partial charge in [0, 0.05) is 66.1 Å². The first-order chi connectivity index (χ1) is 34.7. The summed E-state index contributed by atoms with van der Waals surface area (Å²) in [6.45, 7) is 0. The third-order valence-corrected chi connectivity index (χ3v) is 14.4. The average Bonchev–Trinajstić information content (AvgIpc) is 4.14. The van der Waals surface area contributed by atoms with Gasteiger partial charge in [0.15, 0.2) is 5.82 Å². The number of benzene rings is 10. The van der Waals surface area contributed by atoms with E-state index < -0.39 is 0 Å². The number of hydrogen-bond acceptors (Lipinski definition) is 2. The van der Waals surface area contributed by atoms with Crippen molar-refractivity contribution in [1.82, 2.24) is 28.2 Å². The van der Waals surface area contributed by atoms with Crippen LogP contribution in [0.25, 0.3) is 133 Å². The largest absolute Gasteiger partial charge is 0.309 e. The van der Waals surface area contributed by atoms with Gasteiger partial charge in [-0.3, -0.25) is 9.13 Å². The lowest BCUT2D eigenvalue weighted by Gasteiger charge is -2.15. The highest BCUT2D eigenvalue weighted by Crippen LogP contribution is 2.42. The molecule has 0 unspecified atom stereocenters. The number of rotatable bonds is 6. The molecule has 0 bridgehead atoms. The summed E-state index contributed by atoms with van der Waals surface area (Å²) < 4.78 is 9.49. The number of fused-ring (bicyclic) bond motifs is 12. The van der Waals surface area contributed by atoms with Gasteiger partial charge in [-0.15, -0.1) is 0 Å². The zero-order valence-electron chi connectivity index (χ0n) is 37.8. The summed E-state index contributed by atoms with van der Waals surface area (Å²) in [5.74, 6) is 2.21. The van der Waals surface area contributed by atoms with Crippen molar-refractivity contribution in [3.63, 3.8) is 0 Å². The minimum absolute atomic E-state index is 0.642. The Bertz CT molecular complexity index is 4310. The number of hydrogen-bond donors (Lipinski definition) is 0. The van der Waals surface area contributed by atoms with Gasteiger partial charge in [0.2, 0.25) is 0 Å². The van der Waals surface area contributed by atoms with E-state index in [0.29, 0.717) is 5.82 Å². The van der Waals surface area contributed by atoms with E-state index in [9.17, 15) is 0 Å². The van der Waals surface area contributed by atoms with Crippen molar-refractivity contribution in [1.29, 1.82) is 0 Å². The predicted octanol–water partition coefficient (Wildman–Crippen LogP) is 16.2. The van der Waals surface area contributed by atoms with E-state index in [2.05, 4.69) is 261 Å². The van der Waals surface area contributed by atoms with Crippen LogP contribution in [0.2, 0.25) is 0 Å². The molecule has 0 aliphatic heterocycles. The molecule has 0 amide bonds. The second kappa shape index (κ2) is 15.0. The molecule has 0 spiro atoms. The molecule has 6 nitrogen and oxygen atoms in total. The van der Waals surface area contributed by atoms with Crippen LogP contribution in [0, 0.1) is 0 Å². The minimum Gasteiger partial charge on any atom is -0.309 e. The maximum absolute atomic E-state index is 5.58. The molecule has 0 fully saturated rings. The highest BCUT2D eigenvalue weighted by Gasteiger charge is 2.23. The minimum atomic E-state index is 0.642. The maximum atomic E-state index is 5.58. The van der Waals surface area contributed by atoms with Crippen LogP contribution in [-0.2, 0) is 0 Å². The Hall–Kier alpha value is -9.52. The lowest BCUT2D eigenvalue weighted by Crippen LogP contribution is -2.06. The first-order valence-electron chi connectivity index (χ1n) is 23.8. The van der Waals surface area contributed by atoms with Gasteiger partial charge in [0.25, 0.3) is 0 Å². The molecule has 0 N–H and O–H groups in total. The van der Waals surface area contributed by atoms with E-state index in [-0.39, 0.29) is 0 Å². The molecule has 70 heavy (non-hydrogen) atoms. The van der Waals surface area contributed by atoms with Crippen molar-refractivity contribution < 1.29 is 0 Å². The molecule has 15 rings (SSSR count). The fraction of sp³-hybridized carbons (Fsp3) is 0. The van der Waals surface area contributed by atoms with Crippen molar-refractivity contribution in [3.05, 3.63) is 243 Å². The maximum Gasteiger partial charge on any atom is 0.163 e. The fourth-order valence-corrected chi connectivity index (χ4v) is 11.3. The predicted molar refractivity (Wildman–Crippen MR) is 290 cm³/mol. The zero-order chi connectivity index (χ0) is 45.9. The molecule has 10 aromatic carbocycles. The summed E-state index contributed by atoms with van der Waals surface area (Å²) in [4.78, 5) is 11.2. The van der Waals surface area contributed by atoms with Gasteiger partial charge in [-0.25, -0.2) is 9.97 Å². The van der Waals surface area contributed by atoms with E-state index in [1.807, 2.05) is 0 Å². The Morgan fingerprint density at radius 3 is 0.943 bits per heavy atom. The first-order valence-corrected chi connectivity index (χ1v) is 23.8. The summed E-state index contributed by atoms with van der Waals surface area (Å²) in [6.07, 6.45) is 0. The third-order valence-electron chi connectivity index (χ3n) is 14.4. The molecule has 0 aliphatic carbocycles. The molecule has 0 radical (unpaired) electrons. The van der Waals surface area contributed by atoms with Crippen LogP contribution in [0.4, 0.5) is 0 Å². The van der Waals surface area contributed by atoms with Gasteiger partial charge in [-0.1, -0.05) is 164 Å². The van der Waals surface area contributed by atoms with E-state index in [0.717, 1.165) is 78.0 Å². The van der Waals surface area contributed by atoms with Crippen LogP contribution in [0.3, 0.4) is 0 Å². The smallest absolute Gasteiger partial charge is 0.163 e. The van der Waals surface area contributed by atoms with Crippen molar-refractivity contribution in [2.75, 3.05) is 0 Å². The normalized spacial score (nSPS) is 12.0. The van der Waals surface area contributed by atoms with E-state index in [4.69, 9.17) is 9.97 Å². The molecule has 15 aromatic rings. The van der Waals surface area contributed by atoms with Gasteiger partial charge >= 0.3 is 0 Å². The molecule has 5 aromatic heterocycles. The van der Waals surface area contributed by atoms with Crippen LogP contribution < -0.4 is 0 Å². The first kappa shape index (κ1) is 38.6.